The lowest BCUT2D eigenvalue weighted by atomic mass is 10.1. The van der Waals surface area contributed by atoms with Crippen LogP contribution in [0.5, 0.6) is 5.75 Å². The average Bonchev–Trinajstić information content (AvgIpc) is 3.49. The summed E-state index contributed by atoms with van der Waals surface area (Å²) in [5, 5.41) is 0. The predicted octanol–water partition coefficient (Wildman–Crippen LogP) is 2.19. The Labute approximate surface area is 149 Å². The summed E-state index contributed by atoms with van der Waals surface area (Å²) in [6.07, 6.45) is 6.00. The third kappa shape index (κ3) is 3.59. The van der Waals surface area contributed by atoms with Gasteiger partial charge in [0.1, 0.15) is 6.61 Å². The summed E-state index contributed by atoms with van der Waals surface area (Å²) in [4.78, 5) is 21.3. The maximum Gasteiger partial charge on any atom is 0.225 e. The van der Waals surface area contributed by atoms with Crippen molar-refractivity contribution in [2.24, 2.45) is 0 Å². The Morgan fingerprint density at radius 3 is 3.04 bits per heavy atom. The van der Waals surface area contributed by atoms with Gasteiger partial charge in [0.15, 0.2) is 11.6 Å². The molecule has 3 heterocycles. The maximum atomic E-state index is 12.4. The van der Waals surface area contributed by atoms with Crippen LogP contribution >= 0.6 is 0 Å². The van der Waals surface area contributed by atoms with Crippen molar-refractivity contribution in [3.8, 4) is 5.75 Å². The molecule has 25 heavy (non-hydrogen) atoms. The maximum absolute atomic E-state index is 12.4. The second-order valence-electron chi connectivity index (χ2n) is 7.23. The van der Waals surface area contributed by atoms with Crippen molar-refractivity contribution in [3.63, 3.8) is 0 Å². The van der Waals surface area contributed by atoms with Crippen LogP contribution in [0.4, 0.5) is 5.82 Å². The summed E-state index contributed by atoms with van der Waals surface area (Å²) >= 11 is 0. The first-order valence-corrected chi connectivity index (χ1v) is 9.51. The fourth-order valence-corrected chi connectivity index (χ4v) is 3.67. The lowest BCUT2D eigenvalue weighted by Crippen LogP contribution is -2.58. The monoisotopic (exact) mass is 345 g/mol. The van der Waals surface area contributed by atoms with E-state index < -0.39 is 0 Å². The smallest absolute Gasteiger partial charge is 0.225 e. The van der Waals surface area contributed by atoms with Gasteiger partial charge in [0.05, 0.1) is 19.1 Å². The zero-order valence-electron chi connectivity index (χ0n) is 14.9. The van der Waals surface area contributed by atoms with Gasteiger partial charge in [-0.2, -0.15) is 0 Å². The molecule has 0 aromatic carbocycles. The number of fused-ring (bicyclic) bond motifs is 3. The number of aromatic nitrogens is 1. The van der Waals surface area contributed by atoms with Crippen LogP contribution in [-0.2, 0) is 9.53 Å². The van der Waals surface area contributed by atoms with Gasteiger partial charge in [-0.05, 0) is 36.8 Å². The molecule has 1 aromatic heterocycles. The lowest BCUT2D eigenvalue weighted by Gasteiger charge is -2.44. The molecule has 2 aliphatic heterocycles. The van der Waals surface area contributed by atoms with Crippen LogP contribution in [-0.4, -0.2) is 61.3 Å². The average molecular weight is 345 g/mol. The highest BCUT2D eigenvalue weighted by molar-refractivity contribution is 5.77. The van der Waals surface area contributed by atoms with E-state index >= 15 is 0 Å². The number of amides is 1. The van der Waals surface area contributed by atoms with Gasteiger partial charge < -0.3 is 19.3 Å². The SMILES string of the molecule is CCCOCCC(=O)N1CCN2c3ncc(C4CC4)cc3OCC2C1. The molecule has 1 unspecified atom stereocenters. The Hall–Kier alpha value is -1.82. The molecule has 1 aromatic rings. The number of pyridine rings is 1. The molecule has 1 aliphatic carbocycles. The van der Waals surface area contributed by atoms with Crippen molar-refractivity contribution in [1.29, 1.82) is 0 Å². The normalized spacial score (nSPS) is 22.2. The highest BCUT2D eigenvalue weighted by Crippen LogP contribution is 2.43. The van der Waals surface area contributed by atoms with Crippen LogP contribution < -0.4 is 9.64 Å². The second-order valence-corrected chi connectivity index (χ2v) is 7.23. The van der Waals surface area contributed by atoms with Crippen molar-refractivity contribution < 1.29 is 14.3 Å². The zero-order chi connectivity index (χ0) is 17.2. The topological polar surface area (TPSA) is 54.9 Å². The van der Waals surface area contributed by atoms with Crippen LogP contribution in [0.1, 0.15) is 44.1 Å². The van der Waals surface area contributed by atoms with Crippen molar-refractivity contribution in [3.05, 3.63) is 17.8 Å². The van der Waals surface area contributed by atoms with Crippen molar-refractivity contribution in [2.45, 2.75) is 44.6 Å². The van der Waals surface area contributed by atoms with E-state index in [0.29, 0.717) is 32.1 Å². The van der Waals surface area contributed by atoms with Gasteiger partial charge >= 0.3 is 0 Å². The van der Waals surface area contributed by atoms with Gasteiger partial charge in [-0.1, -0.05) is 6.92 Å². The van der Waals surface area contributed by atoms with E-state index in [1.54, 1.807) is 0 Å². The Kier molecular flexibility index (Phi) is 4.79. The van der Waals surface area contributed by atoms with E-state index in [1.807, 2.05) is 11.1 Å². The lowest BCUT2D eigenvalue weighted by molar-refractivity contribution is -0.133. The molecule has 6 heteroatoms. The summed E-state index contributed by atoms with van der Waals surface area (Å²) in [6.45, 7) is 6.21. The van der Waals surface area contributed by atoms with Gasteiger partial charge in [0, 0.05) is 32.4 Å². The first-order chi connectivity index (χ1) is 12.3. The Bertz CT molecular complexity index is 632. The summed E-state index contributed by atoms with van der Waals surface area (Å²) in [5.41, 5.74) is 1.30. The van der Waals surface area contributed by atoms with Gasteiger partial charge in [0.25, 0.3) is 0 Å². The second kappa shape index (κ2) is 7.20. The zero-order valence-corrected chi connectivity index (χ0v) is 14.9. The van der Waals surface area contributed by atoms with Crippen LogP contribution in [0, 0.1) is 0 Å². The van der Waals surface area contributed by atoms with Gasteiger partial charge in [0.2, 0.25) is 5.91 Å². The standard InChI is InChI=1S/C19H27N3O3/c1-2-8-24-9-5-18(23)21-6-7-22-16(12-21)13-25-17-10-15(14-3-4-14)11-20-19(17)22/h10-11,14,16H,2-9,12-13H2,1H3. The molecular weight excluding hydrogens is 318 g/mol. The van der Waals surface area contributed by atoms with Gasteiger partial charge in [-0.15, -0.1) is 0 Å². The summed E-state index contributed by atoms with van der Waals surface area (Å²) in [7, 11) is 0. The Balaban J connectivity index is 1.36. The number of ether oxygens (including phenoxy) is 2. The van der Waals surface area contributed by atoms with E-state index in [1.165, 1.54) is 18.4 Å². The molecule has 3 aliphatic rings. The highest BCUT2D eigenvalue weighted by atomic mass is 16.5. The summed E-state index contributed by atoms with van der Waals surface area (Å²) in [5.74, 6) is 2.72. The van der Waals surface area contributed by atoms with Crippen LogP contribution in [0.2, 0.25) is 0 Å². The number of carbonyl (C=O) groups excluding carboxylic acids is 1. The third-order valence-electron chi connectivity index (χ3n) is 5.25. The molecule has 2 fully saturated rings. The van der Waals surface area contributed by atoms with E-state index in [2.05, 4.69) is 22.9 Å². The minimum Gasteiger partial charge on any atom is -0.487 e. The molecule has 136 valence electrons. The van der Waals surface area contributed by atoms with Crippen LogP contribution in [0.3, 0.4) is 0 Å². The molecule has 0 radical (unpaired) electrons. The van der Waals surface area contributed by atoms with E-state index in [4.69, 9.17) is 9.47 Å². The fraction of sp³-hybridized carbons (Fsp3) is 0.684. The number of anilines is 1. The minimum atomic E-state index is 0.179. The molecule has 1 saturated carbocycles. The van der Waals surface area contributed by atoms with Crippen LogP contribution in [0.15, 0.2) is 12.3 Å². The molecule has 0 bridgehead atoms. The Morgan fingerprint density at radius 2 is 2.24 bits per heavy atom. The van der Waals surface area contributed by atoms with E-state index in [9.17, 15) is 4.79 Å². The molecule has 0 N–H and O–H groups in total. The van der Waals surface area contributed by atoms with E-state index in [-0.39, 0.29) is 11.9 Å². The third-order valence-corrected chi connectivity index (χ3v) is 5.25. The van der Waals surface area contributed by atoms with Crippen molar-refractivity contribution in [2.75, 3.05) is 44.4 Å². The fourth-order valence-electron chi connectivity index (χ4n) is 3.67. The van der Waals surface area contributed by atoms with Gasteiger partial charge in [-0.3, -0.25) is 4.79 Å². The van der Waals surface area contributed by atoms with Crippen molar-refractivity contribution >= 4 is 11.7 Å². The minimum absolute atomic E-state index is 0.179. The summed E-state index contributed by atoms with van der Waals surface area (Å²) < 4.78 is 11.4. The molecule has 6 nitrogen and oxygen atoms in total. The first-order valence-electron chi connectivity index (χ1n) is 9.51. The number of nitrogens with zero attached hydrogens (tertiary/aromatic N) is 3. The quantitative estimate of drug-likeness (QED) is 0.740. The highest BCUT2D eigenvalue weighted by Gasteiger charge is 2.36. The summed E-state index contributed by atoms with van der Waals surface area (Å²) in [6, 6.07) is 2.36. The number of carbonyl (C=O) groups is 1. The predicted molar refractivity (Wildman–Crippen MR) is 95.1 cm³/mol. The van der Waals surface area contributed by atoms with E-state index in [0.717, 1.165) is 37.7 Å². The molecular formula is C19H27N3O3. The molecule has 0 spiro atoms. The molecule has 1 atom stereocenters. The molecule has 4 rings (SSSR count). The van der Waals surface area contributed by atoms with Gasteiger partial charge in [-0.25, -0.2) is 4.98 Å². The number of hydrogen-bond acceptors (Lipinski definition) is 5. The molecule has 1 saturated heterocycles. The largest absolute Gasteiger partial charge is 0.487 e. The number of hydrogen-bond donors (Lipinski definition) is 0. The number of rotatable bonds is 6. The Morgan fingerprint density at radius 1 is 1.36 bits per heavy atom. The van der Waals surface area contributed by atoms with Crippen molar-refractivity contribution in [1.82, 2.24) is 9.88 Å². The van der Waals surface area contributed by atoms with Crippen LogP contribution in [0.25, 0.3) is 0 Å². The molecule has 1 amide bonds. The number of piperazine rings is 1. The first kappa shape index (κ1) is 16.6.